The highest BCUT2D eigenvalue weighted by atomic mass is 16.2. The molecule has 0 amide bonds. The Hall–Kier alpha value is -5.93. The maximum Gasteiger partial charge on any atom is 0.281 e. The molecule has 0 atom stereocenters. The highest BCUT2D eigenvalue weighted by Crippen LogP contribution is 2.19. The molecule has 4 heterocycles. The number of benzene rings is 2. The Morgan fingerprint density at radius 1 is 0.674 bits per heavy atom. The summed E-state index contributed by atoms with van der Waals surface area (Å²) < 4.78 is 4.92. The van der Waals surface area contributed by atoms with Gasteiger partial charge >= 0.3 is 0 Å². The lowest BCUT2D eigenvalue weighted by atomic mass is 10.1. The molecule has 0 aliphatic heterocycles. The molecule has 0 aliphatic rings. The molecule has 2 aromatic carbocycles. The van der Waals surface area contributed by atoms with E-state index in [1.54, 1.807) is 57.3 Å². The van der Waals surface area contributed by atoms with Crippen molar-refractivity contribution in [2.45, 2.75) is 20.8 Å². The van der Waals surface area contributed by atoms with Crippen molar-refractivity contribution >= 4 is 40.1 Å². The van der Waals surface area contributed by atoms with Crippen LogP contribution >= 0.6 is 0 Å². The third-order valence-electron chi connectivity index (χ3n) is 7.63. The molecule has 4 aromatic heterocycles. The van der Waals surface area contributed by atoms with Crippen molar-refractivity contribution in [3.63, 3.8) is 0 Å². The van der Waals surface area contributed by atoms with Gasteiger partial charge in [-0.2, -0.15) is 0 Å². The molecule has 0 radical (unpaired) electrons. The van der Waals surface area contributed by atoms with E-state index in [0.717, 1.165) is 4.57 Å². The molecule has 43 heavy (non-hydrogen) atoms. The van der Waals surface area contributed by atoms with Crippen LogP contribution in [0.25, 0.3) is 45.6 Å². The molecular formula is C32H26N6O5. The van der Waals surface area contributed by atoms with Crippen molar-refractivity contribution in [3.05, 3.63) is 130 Å². The molecule has 0 bridgehead atoms. The fraction of sp³-hybridized carbons (Fsp3) is 0.125. The molecule has 214 valence electrons. The number of aromatic amines is 2. The van der Waals surface area contributed by atoms with Crippen molar-refractivity contribution in [3.8, 4) is 11.4 Å². The normalized spacial score (nSPS) is 11.2. The van der Waals surface area contributed by atoms with E-state index in [0.29, 0.717) is 33.5 Å². The predicted octanol–water partition coefficient (Wildman–Crippen LogP) is 3.41. The van der Waals surface area contributed by atoms with Crippen LogP contribution in [0.4, 0.5) is 0 Å². The quantitative estimate of drug-likeness (QED) is 0.311. The fourth-order valence-electron chi connectivity index (χ4n) is 5.39. The average molecular weight is 575 g/mol. The first-order chi connectivity index (χ1) is 20.6. The lowest BCUT2D eigenvalue weighted by Gasteiger charge is -2.07. The number of fused-ring (bicyclic) bond motifs is 2. The lowest BCUT2D eigenvalue weighted by Crippen LogP contribution is -2.28. The summed E-state index contributed by atoms with van der Waals surface area (Å²) in [5.41, 5.74) is 3.82. The first-order valence-corrected chi connectivity index (χ1v) is 13.4. The Morgan fingerprint density at radius 2 is 1.12 bits per heavy atom. The van der Waals surface area contributed by atoms with Crippen LogP contribution in [0.1, 0.15) is 34.0 Å². The van der Waals surface area contributed by atoms with Crippen LogP contribution < -0.4 is 22.2 Å². The third-order valence-corrected chi connectivity index (χ3v) is 7.63. The molecule has 0 saturated heterocycles. The van der Waals surface area contributed by atoms with E-state index < -0.39 is 17.0 Å². The van der Waals surface area contributed by atoms with Crippen LogP contribution in [0.15, 0.2) is 85.6 Å². The summed E-state index contributed by atoms with van der Waals surface area (Å²) in [6.07, 6.45) is 2.75. The number of H-pyrrole nitrogens is 2. The van der Waals surface area contributed by atoms with Crippen LogP contribution in [-0.2, 0) is 7.05 Å². The molecule has 0 spiro atoms. The number of aromatic nitrogens is 6. The lowest BCUT2D eigenvalue weighted by molar-refractivity contribution is 0.0937. The molecule has 0 unspecified atom stereocenters. The van der Waals surface area contributed by atoms with E-state index in [4.69, 9.17) is 0 Å². The van der Waals surface area contributed by atoms with E-state index in [1.807, 2.05) is 24.3 Å². The van der Waals surface area contributed by atoms with E-state index >= 15 is 0 Å². The minimum atomic E-state index is -0.642. The largest absolute Gasteiger partial charge is 0.296 e. The van der Waals surface area contributed by atoms with Crippen molar-refractivity contribution in [2.24, 2.45) is 7.05 Å². The molecule has 0 fully saturated rings. The summed E-state index contributed by atoms with van der Waals surface area (Å²) in [6, 6.07) is 17.8. The minimum Gasteiger partial charge on any atom is -0.296 e. The van der Waals surface area contributed by atoms with Crippen LogP contribution in [0.3, 0.4) is 0 Å². The van der Waals surface area contributed by atoms with Gasteiger partial charge < -0.3 is 0 Å². The number of carbonyl (C=O) groups excluding carboxylic acids is 1. The fourth-order valence-corrected chi connectivity index (χ4v) is 5.39. The van der Waals surface area contributed by atoms with Crippen molar-refractivity contribution in [1.82, 2.24) is 28.7 Å². The van der Waals surface area contributed by atoms with Crippen molar-refractivity contribution < 1.29 is 4.79 Å². The monoisotopic (exact) mass is 574 g/mol. The molecule has 2 N–H and O–H groups in total. The van der Waals surface area contributed by atoms with E-state index in [1.165, 1.54) is 33.0 Å². The first-order valence-electron chi connectivity index (χ1n) is 13.4. The summed E-state index contributed by atoms with van der Waals surface area (Å²) in [7, 11) is 1.56. The van der Waals surface area contributed by atoms with Gasteiger partial charge in [0.05, 0.1) is 33.3 Å². The van der Waals surface area contributed by atoms with Gasteiger partial charge in [0.15, 0.2) is 0 Å². The van der Waals surface area contributed by atoms with Gasteiger partial charge in [-0.25, -0.2) is 13.9 Å². The summed E-state index contributed by atoms with van der Waals surface area (Å²) in [4.78, 5) is 66.3. The number of hydrogen-bond acceptors (Lipinski definition) is 5. The van der Waals surface area contributed by atoms with Gasteiger partial charge in [0.25, 0.3) is 22.2 Å². The molecule has 0 saturated carbocycles. The maximum atomic E-state index is 13.5. The van der Waals surface area contributed by atoms with Gasteiger partial charge in [-0.3, -0.25) is 38.7 Å². The summed E-state index contributed by atoms with van der Waals surface area (Å²) in [6.45, 7) is 4.53. The average Bonchev–Trinajstić information content (AvgIpc) is 3.53. The third kappa shape index (κ3) is 4.18. The van der Waals surface area contributed by atoms with Gasteiger partial charge in [0.1, 0.15) is 11.3 Å². The molecule has 11 heteroatoms. The summed E-state index contributed by atoms with van der Waals surface area (Å²) in [5, 5.41) is 6.44. The van der Waals surface area contributed by atoms with Crippen LogP contribution in [-0.4, -0.2) is 34.6 Å². The molecular weight excluding hydrogens is 548 g/mol. The maximum absolute atomic E-state index is 13.5. The van der Waals surface area contributed by atoms with E-state index in [9.17, 15) is 24.0 Å². The van der Waals surface area contributed by atoms with Gasteiger partial charge in [-0.05, 0) is 61.4 Å². The van der Waals surface area contributed by atoms with Gasteiger partial charge in [-0.1, -0.05) is 36.4 Å². The predicted molar refractivity (Wildman–Crippen MR) is 166 cm³/mol. The van der Waals surface area contributed by atoms with E-state index in [-0.39, 0.29) is 33.3 Å². The number of para-hydroxylation sites is 2. The number of hydrogen-bond donors (Lipinski definition) is 2. The zero-order chi connectivity index (χ0) is 30.6. The molecule has 6 rings (SSSR count). The smallest absolute Gasteiger partial charge is 0.281 e. The summed E-state index contributed by atoms with van der Waals surface area (Å²) in [5.74, 6) is -0.576. The number of nitrogens with one attached hydrogen (secondary N) is 2. The highest BCUT2D eigenvalue weighted by molar-refractivity contribution is 5.91. The van der Waals surface area contributed by atoms with Crippen LogP contribution in [0.2, 0.25) is 0 Å². The second kappa shape index (κ2) is 10.2. The van der Waals surface area contributed by atoms with Crippen LogP contribution in [0.5, 0.6) is 0 Å². The zero-order valence-corrected chi connectivity index (χ0v) is 23.8. The highest BCUT2D eigenvalue weighted by Gasteiger charge is 2.22. The van der Waals surface area contributed by atoms with Crippen molar-refractivity contribution in [2.75, 3.05) is 0 Å². The number of carbonyl (C=O) groups is 1. The zero-order valence-electron chi connectivity index (χ0n) is 23.8. The molecule has 0 aliphatic carbocycles. The SMILES string of the molecule is CC(=O)n1c(=O)c(C=C=Cc2c(C)c3c(=O)n(-c4ccccc4)[nH]c3n(C)c2=O)c(C)c2c(=O)n(-c3ccccc3)[nH]c21. The van der Waals surface area contributed by atoms with Gasteiger partial charge in [0.2, 0.25) is 5.91 Å². The Kier molecular flexibility index (Phi) is 6.44. The number of pyridine rings is 2. The first kappa shape index (κ1) is 27.3. The van der Waals surface area contributed by atoms with Gasteiger partial charge in [-0.15, -0.1) is 5.73 Å². The van der Waals surface area contributed by atoms with Crippen molar-refractivity contribution in [1.29, 1.82) is 0 Å². The second-order valence-electron chi connectivity index (χ2n) is 10.2. The van der Waals surface area contributed by atoms with E-state index in [2.05, 4.69) is 15.9 Å². The summed E-state index contributed by atoms with van der Waals surface area (Å²) >= 11 is 0. The minimum absolute atomic E-state index is 0.0684. The Bertz CT molecular complexity index is 2410. The standard InChI is InChI=1S/C32H26N6O5/c1-18-23(29(40)35(4)27-25(18)31(42)37(33-27)21-12-7-5-8-13-21)16-11-17-24-19(2)26-28(36(20(3)39)30(24)41)34-38(32(26)43)22-14-9-6-10-15-22/h5-10,12-17,33-34H,1-4H3. The molecule has 6 aromatic rings. The Labute approximate surface area is 242 Å². The Balaban J connectivity index is 1.55. The Morgan fingerprint density at radius 3 is 1.60 bits per heavy atom. The number of aryl methyl sites for hydroxylation is 3. The molecule has 11 nitrogen and oxygen atoms in total. The van der Waals surface area contributed by atoms with Gasteiger partial charge in [0, 0.05) is 14.0 Å². The topological polar surface area (TPSA) is 137 Å². The second-order valence-corrected chi connectivity index (χ2v) is 10.2. The number of rotatable bonds is 4. The van der Waals surface area contributed by atoms with Crippen LogP contribution in [0, 0.1) is 13.8 Å². The number of nitrogens with zero attached hydrogens (tertiary/aromatic N) is 4.